The molecule has 3 N–H and O–H groups in total. The van der Waals surface area contributed by atoms with E-state index in [4.69, 9.17) is 18.0 Å². The van der Waals surface area contributed by atoms with Crippen molar-refractivity contribution in [1.29, 1.82) is 0 Å². The van der Waals surface area contributed by atoms with E-state index in [1.165, 1.54) is 0 Å². The molecule has 106 valence electrons. The Hall–Kier alpha value is -1.65. The van der Waals surface area contributed by atoms with Gasteiger partial charge in [0.05, 0.1) is 5.60 Å². The SMILES string of the molecule is CN(CC(C)(C)O)c1ccc(C(N)=S)c2ccccc12. The predicted octanol–water partition coefficient (Wildman–Crippen LogP) is 2.68. The van der Waals surface area contributed by atoms with Crippen molar-refractivity contribution in [3.63, 3.8) is 0 Å². The normalized spacial score (nSPS) is 11.6. The van der Waals surface area contributed by atoms with Gasteiger partial charge in [0.2, 0.25) is 0 Å². The second kappa shape index (κ2) is 5.38. The first-order valence-electron chi connectivity index (χ1n) is 6.55. The molecular weight excluding hydrogens is 268 g/mol. The van der Waals surface area contributed by atoms with Crippen LogP contribution in [0.2, 0.25) is 0 Å². The van der Waals surface area contributed by atoms with Crippen LogP contribution in [0, 0.1) is 0 Å². The van der Waals surface area contributed by atoms with E-state index in [-0.39, 0.29) is 0 Å². The Labute approximate surface area is 125 Å². The summed E-state index contributed by atoms with van der Waals surface area (Å²) >= 11 is 5.11. The van der Waals surface area contributed by atoms with E-state index < -0.39 is 5.60 Å². The van der Waals surface area contributed by atoms with Crippen LogP contribution < -0.4 is 10.6 Å². The summed E-state index contributed by atoms with van der Waals surface area (Å²) < 4.78 is 0. The number of anilines is 1. The first kappa shape index (κ1) is 14.8. The number of aliphatic hydroxyl groups is 1. The van der Waals surface area contributed by atoms with Crippen LogP contribution in [0.4, 0.5) is 5.69 Å². The molecule has 4 heteroatoms. The van der Waals surface area contributed by atoms with E-state index in [0.717, 1.165) is 22.0 Å². The average Bonchev–Trinajstić information content (AvgIpc) is 2.35. The number of fused-ring (bicyclic) bond motifs is 1. The smallest absolute Gasteiger partial charge is 0.104 e. The summed E-state index contributed by atoms with van der Waals surface area (Å²) in [5.74, 6) is 0. The van der Waals surface area contributed by atoms with Crippen molar-refractivity contribution >= 4 is 33.7 Å². The lowest BCUT2D eigenvalue weighted by Gasteiger charge is -2.28. The highest BCUT2D eigenvalue weighted by Crippen LogP contribution is 2.29. The third-order valence-electron chi connectivity index (χ3n) is 3.20. The lowest BCUT2D eigenvalue weighted by Crippen LogP contribution is -2.36. The summed E-state index contributed by atoms with van der Waals surface area (Å²) in [6.45, 7) is 4.15. The molecule has 0 saturated carbocycles. The molecule has 0 aliphatic heterocycles. The van der Waals surface area contributed by atoms with Crippen molar-refractivity contribution in [1.82, 2.24) is 0 Å². The Morgan fingerprint density at radius 3 is 2.35 bits per heavy atom. The zero-order valence-corrected chi connectivity index (χ0v) is 12.9. The molecule has 0 bridgehead atoms. The van der Waals surface area contributed by atoms with Gasteiger partial charge in [-0.1, -0.05) is 36.5 Å². The van der Waals surface area contributed by atoms with Gasteiger partial charge in [0.15, 0.2) is 0 Å². The molecule has 0 saturated heterocycles. The van der Waals surface area contributed by atoms with Gasteiger partial charge < -0.3 is 15.7 Å². The highest BCUT2D eigenvalue weighted by Gasteiger charge is 2.18. The van der Waals surface area contributed by atoms with E-state index >= 15 is 0 Å². The van der Waals surface area contributed by atoms with Gasteiger partial charge >= 0.3 is 0 Å². The number of nitrogens with zero attached hydrogens (tertiary/aromatic N) is 1. The summed E-state index contributed by atoms with van der Waals surface area (Å²) in [7, 11) is 1.97. The second-order valence-corrected chi connectivity index (χ2v) is 6.15. The van der Waals surface area contributed by atoms with E-state index in [1.54, 1.807) is 13.8 Å². The van der Waals surface area contributed by atoms with Crippen molar-refractivity contribution in [3.8, 4) is 0 Å². The quantitative estimate of drug-likeness (QED) is 0.849. The lowest BCUT2D eigenvalue weighted by atomic mass is 10.0. The molecule has 0 aromatic heterocycles. The molecule has 0 spiro atoms. The molecule has 3 nitrogen and oxygen atoms in total. The van der Waals surface area contributed by atoms with Gasteiger partial charge in [-0.15, -0.1) is 0 Å². The number of rotatable bonds is 4. The third kappa shape index (κ3) is 3.08. The Morgan fingerprint density at radius 1 is 1.20 bits per heavy atom. The highest BCUT2D eigenvalue weighted by molar-refractivity contribution is 7.80. The summed E-state index contributed by atoms with van der Waals surface area (Å²) in [6.07, 6.45) is 0. The maximum Gasteiger partial charge on any atom is 0.104 e. The summed E-state index contributed by atoms with van der Waals surface area (Å²) in [5.41, 5.74) is 6.98. The number of likely N-dealkylation sites (N-methyl/N-ethyl adjacent to an activating group) is 1. The molecule has 0 atom stereocenters. The van der Waals surface area contributed by atoms with E-state index in [9.17, 15) is 5.11 Å². The molecule has 0 amide bonds. The monoisotopic (exact) mass is 288 g/mol. The topological polar surface area (TPSA) is 49.5 Å². The van der Waals surface area contributed by atoms with Gasteiger partial charge in [-0.25, -0.2) is 0 Å². The van der Waals surface area contributed by atoms with E-state index in [0.29, 0.717) is 11.5 Å². The molecule has 0 radical (unpaired) electrons. The van der Waals surface area contributed by atoms with Crippen molar-refractivity contribution < 1.29 is 5.11 Å². The largest absolute Gasteiger partial charge is 0.389 e. The van der Waals surface area contributed by atoms with Gasteiger partial charge in [-0.3, -0.25) is 0 Å². The van der Waals surface area contributed by atoms with Crippen molar-refractivity contribution in [2.45, 2.75) is 19.4 Å². The van der Waals surface area contributed by atoms with Crippen LogP contribution in [-0.4, -0.2) is 29.3 Å². The van der Waals surface area contributed by atoms with Gasteiger partial charge in [-0.05, 0) is 31.4 Å². The minimum absolute atomic E-state index is 0.401. The van der Waals surface area contributed by atoms with Crippen LogP contribution in [-0.2, 0) is 0 Å². The Morgan fingerprint density at radius 2 is 1.80 bits per heavy atom. The maximum absolute atomic E-state index is 9.98. The summed E-state index contributed by atoms with van der Waals surface area (Å²) in [5, 5.41) is 12.1. The Balaban J connectivity index is 2.56. The Kier molecular flexibility index (Phi) is 3.97. The zero-order chi connectivity index (χ0) is 14.9. The number of hydrogen-bond acceptors (Lipinski definition) is 3. The van der Waals surface area contributed by atoms with Gasteiger partial charge in [-0.2, -0.15) is 0 Å². The fourth-order valence-electron chi connectivity index (χ4n) is 2.50. The minimum atomic E-state index is -0.752. The van der Waals surface area contributed by atoms with Crippen LogP contribution in [0.3, 0.4) is 0 Å². The first-order valence-corrected chi connectivity index (χ1v) is 6.95. The van der Waals surface area contributed by atoms with Crippen LogP contribution in [0.15, 0.2) is 36.4 Å². The molecule has 2 aromatic carbocycles. The summed E-state index contributed by atoms with van der Waals surface area (Å²) in [6, 6.07) is 12.0. The van der Waals surface area contributed by atoms with E-state index in [1.807, 2.05) is 48.3 Å². The van der Waals surface area contributed by atoms with Crippen LogP contribution >= 0.6 is 12.2 Å². The molecule has 0 aliphatic rings. The number of nitrogens with two attached hydrogens (primary N) is 1. The fourth-order valence-corrected chi connectivity index (χ4v) is 2.67. The highest BCUT2D eigenvalue weighted by atomic mass is 32.1. The van der Waals surface area contributed by atoms with Crippen LogP contribution in [0.5, 0.6) is 0 Å². The average molecular weight is 288 g/mol. The molecule has 2 aromatic rings. The molecule has 2 rings (SSSR count). The Bertz CT molecular complexity index is 646. The summed E-state index contributed by atoms with van der Waals surface area (Å²) in [4.78, 5) is 2.45. The van der Waals surface area contributed by atoms with Gasteiger partial charge in [0, 0.05) is 30.2 Å². The third-order valence-corrected chi connectivity index (χ3v) is 3.42. The predicted molar refractivity (Wildman–Crippen MR) is 89.4 cm³/mol. The molecular formula is C16H20N2OS. The maximum atomic E-state index is 9.98. The van der Waals surface area contributed by atoms with Crippen molar-refractivity contribution in [3.05, 3.63) is 42.0 Å². The lowest BCUT2D eigenvalue weighted by molar-refractivity contribution is 0.0887. The number of benzene rings is 2. The zero-order valence-electron chi connectivity index (χ0n) is 12.1. The second-order valence-electron chi connectivity index (χ2n) is 5.71. The van der Waals surface area contributed by atoms with Crippen LogP contribution in [0.25, 0.3) is 10.8 Å². The molecule has 20 heavy (non-hydrogen) atoms. The molecule has 0 aliphatic carbocycles. The molecule has 0 unspecified atom stereocenters. The van der Waals surface area contributed by atoms with Crippen molar-refractivity contribution in [2.24, 2.45) is 5.73 Å². The number of thiocarbonyl (C=S) groups is 1. The standard InChI is InChI=1S/C16H20N2OS/c1-16(2,19)10-18(3)14-9-8-13(15(17)20)11-6-4-5-7-12(11)14/h4-9,19H,10H2,1-3H3,(H2,17,20). The minimum Gasteiger partial charge on any atom is -0.389 e. The van der Waals surface area contributed by atoms with Crippen LogP contribution in [0.1, 0.15) is 19.4 Å². The first-order chi connectivity index (χ1) is 9.29. The van der Waals surface area contributed by atoms with Crippen molar-refractivity contribution in [2.75, 3.05) is 18.5 Å². The molecule has 0 fully saturated rings. The number of hydrogen-bond donors (Lipinski definition) is 2. The fraction of sp³-hybridized carbons (Fsp3) is 0.312. The van der Waals surface area contributed by atoms with Gasteiger partial charge in [0.25, 0.3) is 0 Å². The molecule has 0 heterocycles. The van der Waals surface area contributed by atoms with Gasteiger partial charge in [0.1, 0.15) is 4.99 Å². The van der Waals surface area contributed by atoms with E-state index in [2.05, 4.69) is 0 Å².